The number of likely N-dealkylation sites (N-methyl/N-ethyl adjacent to an activating group) is 1. The molecule has 0 aromatic heterocycles. The number of ether oxygens (including phenoxy) is 3. The molecule has 0 aromatic carbocycles. The maximum Gasteiger partial charge on any atom is 0.201 e. The van der Waals surface area contributed by atoms with Crippen molar-refractivity contribution in [2.45, 2.75) is 89.5 Å². The van der Waals surface area contributed by atoms with E-state index >= 15 is 0 Å². The van der Waals surface area contributed by atoms with E-state index < -0.39 is 30.1 Å². The van der Waals surface area contributed by atoms with Crippen LogP contribution in [0.5, 0.6) is 0 Å². The zero-order chi connectivity index (χ0) is 22.4. The molecule has 2 bridgehead atoms. The Balaban J connectivity index is 1.42. The van der Waals surface area contributed by atoms with E-state index in [1.807, 2.05) is 27.9 Å². The summed E-state index contributed by atoms with van der Waals surface area (Å²) in [5.74, 6) is 0.441. The summed E-state index contributed by atoms with van der Waals surface area (Å²) in [6.07, 6.45) is 2.44. The molecule has 8 nitrogen and oxygen atoms in total. The Morgan fingerprint density at radius 2 is 1.94 bits per heavy atom. The quantitative estimate of drug-likeness (QED) is 0.553. The predicted molar refractivity (Wildman–Crippen MR) is 115 cm³/mol. The van der Waals surface area contributed by atoms with Crippen LogP contribution in [0.2, 0.25) is 0 Å². The highest BCUT2D eigenvalue weighted by Gasteiger charge is 2.69. The maximum atomic E-state index is 10.6. The standard InChI is InChI=1S/C23H42N2O6/c1-14-7-8-18-15(2)20(27-13-19(26)16(3)24-11-12-25(5)6)28-21-23(18)17(14)9-10-22(4,29-21)30-31-23/h14-21,24,26H,7-13H2,1-6H3/t14-,15-,16?,17+,18+,19?,20?,21-,22+,23-/m1/s1. The SMILES string of the molecule is CC(NCCN(C)C)C(O)COC1O[C@@H]2O[C@]3(C)CC[C@H]4[C@H](C)CC[C@@H]([C@H]1C)[C@@]24OO3. The lowest BCUT2D eigenvalue weighted by Gasteiger charge is -2.60. The minimum Gasteiger partial charge on any atom is -0.389 e. The zero-order valence-electron chi connectivity index (χ0n) is 20.0. The lowest BCUT2D eigenvalue weighted by atomic mass is 9.58. The molecule has 180 valence electrons. The van der Waals surface area contributed by atoms with E-state index in [9.17, 15) is 5.11 Å². The highest BCUT2D eigenvalue weighted by Crippen LogP contribution is 2.60. The third-order valence-electron chi connectivity index (χ3n) is 8.13. The van der Waals surface area contributed by atoms with Crippen LogP contribution in [0.3, 0.4) is 0 Å². The smallest absolute Gasteiger partial charge is 0.201 e. The Bertz CT molecular complexity index is 623. The largest absolute Gasteiger partial charge is 0.389 e. The molecule has 4 aliphatic heterocycles. The Morgan fingerprint density at radius 3 is 2.68 bits per heavy atom. The van der Waals surface area contributed by atoms with Crippen molar-refractivity contribution in [3.63, 3.8) is 0 Å². The van der Waals surface area contributed by atoms with Crippen molar-refractivity contribution in [3.8, 4) is 0 Å². The number of hydrogen-bond donors (Lipinski definition) is 2. The molecule has 4 saturated heterocycles. The van der Waals surface area contributed by atoms with Gasteiger partial charge in [-0.1, -0.05) is 13.8 Å². The zero-order valence-corrected chi connectivity index (χ0v) is 20.0. The van der Waals surface area contributed by atoms with Crippen LogP contribution >= 0.6 is 0 Å². The van der Waals surface area contributed by atoms with E-state index in [0.29, 0.717) is 11.8 Å². The third-order valence-corrected chi connectivity index (χ3v) is 8.13. The van der Waals surface area contributed by atoms with Gasteiger partial charge in [-0.2, -0.15) is 0 Å². The molecule has 0 amide bonds. The average molecular weight is 443 g/mol. The number of nitrogens with zero attached hydrogens (tertiary/aromatic N) is 1. The molecular formula is C23H42N2O6. The van der Waals surface area contributed by atoms with Gasteiger partial charge < -0.3 is 29.5 Å². The van der Waals surface area contributed by atoms with Gasteiger partial charge in [0.1, 0.15) is 0 Å². The lowest BCUT2D eigenvalue weighted by Crippen LogP contribution is -2.70. The Labute approximate surface area is 186 Å². The molecule has 8 heteroatoms. The van der Waals surface area contributed by atoms with E-state index in [0.717, 1.165) is 38.8 Å². The minimum absolute atomic E-state index is 0.0640. The van der Waals surface area contributed by atoms with Crippen LogP contribution in [0.1, 0.15) is 53.4 Å². The molecule has 2 N–H and O–H groups in total. The van der Waals surface area contributed by atoms with E-state index in [2.05, 4.69) is 24.1 Å². The fourth-order valence-corrected chi connectivity index (χ4v) is 6.05. The molecule has 1 aliphatic carbocycles. The topological polar surface area (TPSA) is 81.7 Å². The van der Waals surface area contributed by atoms with Crippen LogP contribution in [-0.2, 0) is 24.0 Å². The average Bonchev–Trinajstić information content (AvgIpc) is 2.95. The van der Waals surface area contributed by atoms with Crippen LogP contribution in [0, 0.1) is 23.7 Å². The fraction of sp³-hybridized carbons (Fsp3) is 1.00. The summed E-state index contributed by atoms with van der Waals surface area (Å²) in [7, 11) is 4.07. The summed E-state index contributed by atoms with van der Waals surface area (Å²) in [6.45, 7) is 10.3. The van der Waals surface area contributed by atoms with E-state index in [1.165, 1.54) is 0 Å². The van der Waals surface area contributed by atoms with Crippen LogP contribution in [0.4, 0.5) is 0 Å². The minimum atomic E-state index is -0.785. The number of hydrogen-bond acceptors (Lipinski definition) is 8. The van der Waals surface area contributed by atoms with Gasteiger partial charge in [0.25, 0.3) is 0 Å². The molecule has 5 aliphatic rings. The second-order valence-corrected chi connectivity index (χ2v) is 10.7. The van der Waals surface area contributed by atoms with Gasteiger partial charge in [0, 0.05) is 37.4 Å². The summed E-state index contributed by atoms with van der Waals surface area (Å²) in [5, 5.41) is 14.0. The second kappa shape index (κ2) is 9.14. The normalized spacial score (nSPS) is 46.5. The summed E-state index contributed by atoms with van der Waals surface area (Å²) < 4.78 is 18.9. The van der Waals surface area contributed by atoms with Crippen molar-refractivity contribution < 1.29 is 29.1 Å². The molecular weight excluding hydrogens is 400 g/mol. The molecule has 31 heavy (non-hydrogen) atoms. The molecule has 3 unspecified atom stereocenters. The monoisotopic (exact) mass is 442 g/mol. The van der Waals surface area contributed by atoms with Crippen LogP contribution in [0.25, 0.3) is 0 Å². The maximum absolute atomic E-state index is 10.6. The van der Waals surface area contributed by atoms with Crippen molar-refractivity contribution in [2.75, 3.05) is 33.8 Å². The number of nitrogens with one attached hydrogen (secondary N) is 1. The van der Waals surface area contributed by atoms with Gasteiger partial charge >= 0.3 is 0 Å². The highest BCUT2D eigenvalue weighted by molar-refractivity contribution is 5.09. The third kappa shape index (κ3) is 4.43. The second-order valence-electron chi connectivity index (χ2n) is 10.7. The van der Waals surface area contributed by atoms with Crippen molar-refractivity contribution in [3.05, 3.63) is 0 Å². The van der Waals surface area contributed by atoms with Crippen molar-refractivity contribution in [2.24, 2.45) is 23.7 Å². The number of aliphatic hydroxyl groups is 1. The summed E-state index contributed by atoms with van der Waals surface area (Å²) in [6, 6.07) is -0.0640. The Hall–Kier alpha value is -0.320. The first kappa shape index (κ1) is 23.8. The number of fused-ring (bicyclic) bond motifs is 2. The van der Waals surface area contributed by atoms with Gasteiger partial charge in [-0.3, -0.25) is 0 Å². The molecule has 5 fully saturated rings. The molecule has 1 spiro atoms. The first-order chi connectivity index (χ1) is 14.7. The lowest BCUT2D eigenvalue weighted by molar-refractivity contribution is -0.577. The van der Waals surface area contributed by atoms with Crippen molar-refractivity contribution >= 4 is 0 Å². The van der Waals surface area contributed by atoms with Crippen molar-refractivity contribution in [1.82, 2.24) is 10.2 Å². The molecule has 0 aromatic rings. The number of rotatable bonds is 8. The van der Waals surface area contributed by atoms with Gasteiger partial charge in [-0.15, -0.1) is 0 Å². The van der Waals surface area contributed by atoms with Crippen LogP contribution < -0.4 is 5.32 Å². The summed E-state index contributed by atoms with van der Waals surface area (Å²) >= 11 is 0. The van der Waals surface area contributed by atoms with E-state index in [1.54, 1.807) is 0 Å². The predicted octanol–water partition coefficient (Wildman–Crippen LogP) is 2.11. The van der Waals surface area contributed by atoms with Gasteiger partial charge in [-0.05, 0) is 59.0 Å². The van der Waals surface area contributed by atoms with Crippen molar-refractivity contribution in [1.29, 1.82) is 0 Å². The Morgan fingerprint density at radius 1 is 1.16 bits per heavy atom. The first-order valence-electron chi connectivity index (χ1n) is 12.0. The van der Waals surface area contributed by atoms with E-state index in [4.69, 9.17) is 24.0 Å². The van der Waals surface area contributed by atoms with Gasteiger partial charge in [0.15, 0.2) is 18.2 Å². The Kier molecular flexibility index (Phi) is 7.03. The van der Waals surface area contributed by atoms with Crippen LogP contribution in [-0.4, -0.2) is 79.9 Å². The highest BCUT2D eigenvalue weighted by atomic mass is 17.3. The van der Waals surface area contributed by atoms with Crippen LogP contribution in [0.15, 0.2) is 0 Å². The number of aliphatic hydroxyl groups excluding tert-OH is 1. The van der Waals surface area contributed by atoms with Gasteiger partial charge in [0.05, 0.1) is 12.7 Å². The summed E-state index contributed by atoms with van der Waals surface area (Å²) in [5.41, 5.74) is -0.577. The molecule has 10 atom stereocenters. The van der Waals surface area contributed by atoms with E-state index in [-0.39, 0.29) is 24.5 Å². The first-order valence-corrected chi connectivity index (χ1v) is 12.0. The molecule has 5 rings (SSSR count). The molecule has 1 saturated carbocycles. The molecule has 0 radical (unpaired) electrons. The van der Waals surface area contributed by atoms with Gasteiger partial charge in [-0.25, -0.2) is 9.78 Å². The van der Waals surface area contributed by atoms with Gasteiger partial charge in [0.2, 0.25) is 5.79 Å². The summed E-state index contributed by atoms with van der Waals surface area (Å²) in [4.78, 5) is 14.1. The molecule has 4 heterocycles. The fourth-order valence-electron chi connectivity index (χ4n) is 6.05.